The molecular weight excluding hydrogens is 381 g/mol. The van der Waals surface area contributed by atoms with Crippen molar-refractivity contribution < 1.29 is 4.79 Å². The minimum Gasteiger partial charge on any atom is -0.364 e. The highest BCUT2D eigenvalue weighted by atomic mass is 35.5. The predicted octanol–water partition coefficient (Wildman–Crippen LogP) is 4.33. The molecule has 4 nitrogen and oxygen atoms in total. The lowest BCUT2D eigenvalue weighted by atomic mass is 9.88. The number of nitrogens with two attached hydrogens (primary N) is 1. The van der Waals surface area contributed by atoms with Gasteiger partial charge in [-0.1, -0.05) is 35.9 Å². The molecule has 6 heteroatoms. The molecule has 1 aliphatic heterocycles. The normalized spacial score (nSPS) is 14.9. The van der Waals surface area contributed by atoms with Gasteiger partial charge in [-0.3, -0.25) is 4.79 Å². The predicted molar refractivity (Wildman–Crippen MR) is 113 cm³/mol. The first-order valence-corrected chi connectivity index (χ1v) is 9.38. The van der Waals surface area contributed by atoms with Crippen molar-refractivity contribution in [2.24, 2.45) is 5.73 Å². The van der Waals surface area contributed by atoms with E-state index in [-0.39, 0.29) is 12.4 Å². The van der Waals surface area contributed by atoms with Crippen LogP contribution in [0.25, 0.3) is 10.9 Å². The molecule has 0 atom stereocenters. The van der Waals surface area contributed by atoms with Crippen LogP contribution in [0.5, 0.6) is 0 Å². The summed E-state index contributed by atoms with van der Waals surface area (Å²) < 4.78 is 2.01. The van der Waals surface area contributed by atoms with Gasteiger partial charge in [-0.2, -0.15) is 0 Å². The lowest BCUT2D eigenvalue weighted by Crippen LogP contribution is -2.26. The fraction of sp³-hybridized carbons (Fsp3) is 0.286. The molecule has 0 saturated carbocycles. The number of aromatic nitrogens is 1. The molecule has 1 fully saturated rings. The van der Waals surface area contributed by atoms with Crippen LogP contribution in [0.3, 0.4) is 0 Å². The number of rotatable bonds is 4. The molecule has 27 heavy (non-hydrogen) atoms. The summed E-state index contributed by atoms with van der Waals surface area (Å²) in [5.41, 5.74) is 9.65. The summed E-state index contributed by atoms with van der Waals surface area (Å²) in [6.45, 7) is 2.64. The number of carbonyl (C=O) groups is 1. The van der Waals surface area contributed by atoms with Crippen LogP contribution in [0, 0.1) is 0 Å². The highest BCUT2D eigenvalue weighted by molar-refractivity contribution is 6.30. The average molecular weight is 404 g/mol. The van der Waals surface area contributed by atoms with E-state index in [0.29, 0.717) is 23.2 Å². The van der Waals surface area contributed by atoms with Gasteiger partial charge in [-0.15, -0.1) is 12.4 Å². The summed E-state index contributed by atoms with van der Waals surface area (Å²) in [5, 5.41) is 5.24. The maximum atomic E-state index is 12.1. The number of halogens is 2. The second-order valence-electron chi connectivity index (χ2n) is 6.91. The van der Waals surface area contributed by atoms with E-state index in [1.165, 1.54) is 5.56 Å². The maximum absolute atomic E-state index is 12.1. The monoisotopic (exact) mass is 403 g/mol. The molecule has 2 aromatic carbocycles. The Labute approximate surface area is 170 Å². The summed E-state index contributed by atoms with van der Waals surface area (Å²) in [6.07, 6.45) is 2.23. The molecule has 2 heterocycles. The number of nitrogens with zero attached hydrogens (tertiary/aromatic N) is 1. The third kappa shape index (κ3) is 3.98. The van der Waals surface area contributed by atoms with Gasteiger partial charge in [-0.05, 0) is 67.2 Å². The van der Waals surface area contributed by atoms with Crippen molar-refractivity contribution in [2.75, 3.05) is 13.1 Å². The molecule has 0 spiro atoms. The zero-order valence-electron chi connectivity index (χ0n) is 15.0. The molecule has 0 aliphatic carbocycles. The molecule has 3 aromatic rings. The van der Waals surface area contributed by atoms with Crippen molar-refractivity contribution in [2.45, 2.75) is 25.3 Å². The molecular formula is C21H23Cl2N3O. The number of piperidine rings is 1. The summed E-state index contributed by atoms with van der Waals surface area (Å²) in [7, 11) is 0. The lowest BCUT2D eigenvalue weighted by Gasteiger charge is -2.23. The Morgan fingerprint density at radius 2 is 1.89 bits per heavy atom. The van der Waals surface area contributed by atoms with E-state index in [1.807, 2.05) is 34.9 Å². The Hall–Kier alpha value is -2.01. The van der Waals surface area contributed by atoms with Gasteiger partial charge >= 0.3 is 0 Å². The van der Waals surface area contributed by atoms with E-state index in [2.05, 4.69) is 23.5 Å². The summed E-state index contributed by atoms with van der Waals surface area (Å²) >= 11 is 6.13. The minimum absolute atomic E-state index is 0. The average Bonchev–Trinajstić information content (AvgIpc) is 3.01. The summed E-state index contributed by atoms with van der Waals surface area (Å²) in [6, 6.07) is 16.0. The molecule has 1 aliphatic rings. The largest absolute Gasteiger partial charge is 0.364 e. The van der Waals surface area contributed by atoms with Gasteiger partial charge in [0.15, 0.2) is 0 Å². The van der Waals surface area contributed by atoms with Crippen LogP contribution in [-0.2, 0) is 6.54 Å². The Balaban J connectivity index is 0.00000210. The van der Waals surface area contributed by atoms with E-state index in [0.717, 1.165) is 42.4 Å². The maximum Gasteiger partial charge on any atom is 0.265 e. The Bertz CT molecular complexity index is 961. The zero-order valence-corrected chi connectivity index (χ0v) is 16.5. The number of nitrogens with one attached hydrogen (secondary N) is 1. The quantitative estimate of drug-likeness (QED) is 0.680. The molecule has 1 amide bonds. The van der Waals surface area contributed by atoms with Crippen molar-refractivity contribution in [1.82, 2.24) is 9.88 Å². The van der Waals surface area contributed by atoms with Gasteiger partial charge < -0.3 is 15.6 Å². The number of fused-ring (bicyclic) bond motifs is 1. The second-order valence-corrected chi connectivity index (χ2v) is 7.35. The van der Waals surface area contributed by atoms with E-state index < -0.39 is 5.91 Å². The van der Waals surface area contributed by atoms with Crippen molar-refractivity contribution in [3.05, 3.63) is 70.4 Å². The fourth-order valence-electron chi connectivity index (χ4n) is 3.99. The number of amides is 1. The molecule has 0 bridgehead atoms. The molecule has 0 radical (unpaired) electrons. The van der Waals surface area contributed by atoms with Gasteiger partial charge in [0.1, 0.15) is 5.69 Å². The summed E-state index contributed by atoms with van der Waals surface area (Å²) in [5.74, 6) is 0.113. The minimum atomic E-state index is -0.403. The fourth-order valence-corrected chi connectivity index (χ4v) is 4.20. The molecule has 142 valence electrons. The van der Waals surface area contributed by atoms with Crippen LogP contribution in [0.1, 0.15) is 40.4 Å². The van der Waals surface area contributed by atoms with Crippen molar-refractivity contribution >= 4 is 40.8 Å². The molecule has 3 N–H and O–H groups in total. The van der Waals surface area contributed by atoms with Gasteiger partial charge in [-0.25, -0.2) is 0 Å². The van der Waals surface area contributed by atoms with Crippen LogP contribution in [0.4, 0.5) is 0 Å². The van der Waals surface area contributed by atoms with Crippen LogP contribution in [0.2, 0.25) is 5.02 Å². The number of carbonyl (C=O) groups excluding carboxylic acids is 1. The van der Waals surface area contributed by atoms with Crippen LogP contribution < -0.4 is 11.1 Å². The highest BCUT2D eigenvalue weighted by Gasteiger charge is 2.21. The lowest BCUT2D eigenvalue weighted by molar-refractivity contribution is 0.0992. The number of hydrogen-bond donors (Lipinski definition) is 2. The van der Waals surface area contributed by atoms with Crippen molar-refractivity contribution in [3.63, 3.8) is 0 Å². The summed E-state index contributed by atoms with van der Waals surface area (Å²) in [4.78, 5) is 12.1. The van der Waals surface area contributed by atoms with Crippen LogP contribution >= 0.6 is 24.0 Å². The van der Waals surface area contributed by atoms with Gasteiger partial charge in [0.25, 0.3) is 5.91 Å². The molecule has 4 rings (SSSR count). The van der Waals surface area contributed by atoms with Crippen molar-refractivity contribution in [1.29, 1.82) is 0 Å². The second kappa shape index (κ2) is 8.34. The zero-order chi connectivity index (χ0) is 18.1. The van der Waals surface area contributed by atoms with Gasteiger partial charge in [0.05, 0.1) is 0 Å². The smallest absolute Gasteiger partial charge is 0.265 e. The van der Waals surface area contributed by atoms with Gasteiger partial charge in [0, 0.05) is 22.5 Å². The van der Waals surface area contributed by atoms with Gasteiger partial charge in [0.2, 0.25) is 0 Å². The first-order chi connectivity index (χ1) is 12.6. The van der Waals surface area contributed by atoms with E-state index in [9.17, 15) is 4.79 Å². The Kier molecular flexibility index (Phi) is 6.10. The third-order valence-corrected chi connectivity index (χ3v) is 5.48. The van der Waals surface area contributed by atoms with E-state index >= 15 is 0 Å². The first kappa shape index (κ1) is 19.7. The molecule has 1 saturated heterocycles. The molecule has 0 unspecified atom stereocenters. The standard InChI is InChI=1S/C21H22ClN3O.ClH/c22-16-4-1-3-14(11-16)13-25-19-6-2-5-17(15-7-9-24-10-8-15)18(19)12-20(25)21(23)26;/h1-6,11-12,15,24H,7-10,13H2,(H2,23,26);1H. The highest BCUT2D eigenvalue weighted by Crippen LogP contribution is 2.33. The Morgan fingerprint density at radius 3 is 2.59 bits per heavy atom. The Morgan fingerprint density at radius 1 is 1.15 bits per heavy atom. The van der Waals surface area contributed by atoms with Crippen molar-refractivity contribution in [3.8, 4) is 0 Å². The first-order valence-electron chi connectivity index (χ1n) is 9.00. The van der Waals surface area contributed by atoms with Crippen LogP contribution in [-0.4, -0.2) is 23.6 Å². The number of benzene rings is 2. The van der Waals surface area contributed by atoms with E-state index in [4.69, 9.17) is 17.3 Å². The topological polar surface area (TPSA) is 60.1 Å². The third-order valence-electron chi connectivity index (χ3n) is 5.24. The number of primary amides is 1. The SMILES string of the molecule is Cl.NC(=O)c1cc2c(C3CCNCC3)cccc2n1Cc1cccc(Cl)c1. The van der Waals surface area contributed by atoms with Crippen LogP contribution in [0.15, 0.2) is 48.5 Å². The number of hydrogen-bond acceptors (Lipinski definition) is 2. The molecule has 1 aromatic heterocycles. The van der Waals surface area contributed by atoms with E-state index in [1.54, 1.807) is 0 Å².